The molecule has 1 atom stereocenters. The van der Waals surface area contributed by atoms with Crippen molar-refractivity contribution in [3.63, 3.8) is 0 Å². The van der Waals surface area contributed by atoms with E-state index in [1.54, 1.807) is 13.1 Å². The lowest BCUT2D eigenvalue weighted by atomic mass is 10.2. The van der Waals surface area contributed by atoms with E-state index in [4.69, 9.17) is 4.74 Å². The van der Waals surface area contributed by atoms with Crippen LogP contribution in [-0.4, -0.2) is 17.6 Å². The Bertz CT molecular complexity index is 516. The molecule has 1 aromatic heterocycles. The lowest BCUT2D eigenvalue weighted by molar-refractivity contribution is -0.142. The lowest BCUT2D eigenvalue weighted by Crippen LogP contribution is -2.14. The van der Waals surface area contributed by atoms with Crippen LogP contribution in [0.3, 0.4) is 0 Å². The van der Waals surface area contributed by atoms with Gasteiger partial charge in [0.25, 0.3) is 0 Å². The molecule has 98 valence electrons. The largest absolute Gasteiger partial charge is 0.465 e. The molecule has 0 radical (unpaired) electrons. The van der Waals surface area contributed by atoms with Crippen molar-refractivity contribution in [3.8, 4) is 0 Å². The minimum absolute atomic E-state index is 0.255. The van der Waals surface area contributed by atoms with Gasteiger partial charge in [0.1, 0.15) is 5.25 Å². The molecule has 0 aliphatic heterocycles. The van der Waals surface area contributed by atoms with Crippen LogP contribution in [0, 0.1) is 0 Å². The first-order valence-electron chi connectivity index (χ1n) is 6.10. The molecule has 0 spiro atoms. The number of esters is 1. The number of rotatable bonds is 5. The molecule has 1 unspecified atom stereocenters. The van der Waals surface area contributed by atoms with Crippen LogP contribution in [0.1, 0.15) is 17.9 Å². The Balaban J connectivity index is 2.22. The third-order valence-corrected chi connectivity index (χ3v) is 3.67. The Morgan fingerprint density at radius 2 is 1.95 bits per heavy atom. The van der Waals surface area contributed by atoms with Gasteiger partial charge in [-0.1, -0.05) is 24.3 Å². The number of carbonyl (C=O) groups excluding carboxylic acids is 1. The van der Waals surface area contributed by atoms with Gasteiger partial charge in [-0.15, -0.1) is 11.8 Å². The monoisotopic (exact) mass is 273 g/mol. The highest BCUT2D eigenvalue weighted by Gasteiger charge is 2.24. The topological polar surface area (TPSA) is 39.2 Å². The highest BCUT2D eigenvalue weighted by Crippen LogP contribution is 2.35. The summed E-state index contributed by atoms with van der Waals surface area (Å²) in [4.78, 5) is 17.3. The Hall–Kier alpha value is -1.81. The summed E-state index contributed by atoms with van der Waals surface area (Å²) in [7, 11) is 0. The molecule has 0 bridgehead atoms. The molecule has 0 aliphatic carbocycles. The molecule has 2 aromatic rings. The minimum Gasteiger partial charge on any atom is -0.465 e. The van der Waals surface area contributed by atoms with Gasteiger partial charge in [-0.2, -0.15) is 0 Å². The number of nitrogens with zero attached hydrogens (tertiary/aromatic N) is 1. The van der Waals surface area contributed by atoms with E-state index in [1.807, 2.05) is 48.5 Å². The van der Waals surface area contributed by atoms with Crippen molar-refractivity contribution in [1.29, 1.82) is 0 Å². The zero-order chi connectivity index (χ0) is 13.5. The zero-order valence-corrected chi connectivity index (χ0v) is 11.5. The summed E-state index contributed by atoms with van der Waals surface area (Å²) in [5.74, 6) is -0.255. The van der Waals surface area contributed by atoms with Gasteiger partial charge < -0.3 is 4.74 Å². The quantitative estimate of drug-likeness (QED) is 0.617. The molecule has 0 saturated carbocycles. The molecule has 4 heteroatoms. The SMILES string of the molecule is CCOC(=O)C(Sc1ccccc1)c1ccccn1. The van der Waals surface area contributed by atoms with E-state index >= 15 is 0 Å². The van der Waals surface area contributed by atoms with Crippen LogP contribution in [0.4, 0.5) is 0 Å². The normalized spacial score (nSPS) is 11.8. The average molecular weight is 273 g/mol. The Morgan fingerprint density at radius 3 is 2.58 bits per heavy atom. The van der Waals surface area contributed by atoms with E-state index in [9.17, 15) is 4.79 Å². The highest BCUT2D eigenvalue weighted by molar-refractivity contribution is 8.00. The highest BCUT2D eigenvalue weighted by atomic mass is 32.2. The molecule has 0 saturated heterocycles. The van der Waals surface area contributed by atoms with Gasteiger partial charge in [-0.05, 0) is 31.2 Å². The summed E-state index contributed by atoms with van der Waals surface area (Å²) in [5, 5.41) is -0.427. The van der Waals surface area contributed by atoms with Gasteiger partial charge in [0.2, 0.25) is 0 Å². The van der Waals surface area contributed by atoms with E-state index in [1.165, 1.54) is 11.8 Å². The second kappa shape index (κ2) is 6.95. The first kappa shape index (κ1) is 13.6. The molecular formula is C15H15NO2S. The summed E-state index contributed by atoms with van der Waals surface area (Å²) in [6, 6.07) is 15.3. The van der Waals surface area contributed by atoms with Gasteiger partial charge in [0.05, 0.1) is 12.3 Å². The van der Waals surface area contributed by atoms with Crippen LogP contribution in [0.25, 0.3) is 0 Å². The predicted octanol–water partition coefficient (Wildman–Crippen LogP) is 3.48. The molecule has 2 rings (SSSR count). The summed E-state index contributed by atoms with van der Waals surface area (Å²) in [6.07, 6.45) is 1.69. The lowest BCUT2D eigenvalue weighted by Gasteiger charge is -2.14. The van der Waals surface area contributed by atoms with E-state index < -0.39 is 5.25 Å². The van der Waals surface area contributed by atoms with Crippen LogP contribution in [0.5, 0.6) is 0 Å². The van der Waals surface area contributed by atoms with E-state index in [0.717, 1.165) is 10.6 Å². The molecular weight excluding hydrogens is 258 g/mol. The van der Waals surface area contributed by atoms with Gasteiger partial charge in [-0.3, -0.25) is 9.78 Å². The fourth-order valence-corrected chi connectivity index (χ4v) is 2.62. The van der Waals surface area contributed by atoms with Crippen LogP contribution in [-0.2, 0) is 9.53 Å². The van der Waals surface area contributed by atoms with Gasteiger partial charge in [-0.25, -0.2) is 0 Å². The smallest absolute Gasteiger partial charge is 0.325 e. The number of hydrogen-bond acceptors (Lipinski definition) is 4. The maximum Gasteiger partial charge on any atom is 0.325 e. The van der Waals surface area contributed by atoms with Crippen LogP contribution in [0.2, 0.25) is 0 Å². The van der Waals surface area contributed by atoms with E-state index in [2.05, 4.69) is 4.98 Å². The third kappa shape index (κ3) is 3.83. The molecule has 1 aromatic carbocycles. The number of aromatic nitrogens is 1. The molecule has 19 heavy (non-hydrogen) atoms. The third-order valence-electron chi connectivity index (χ3n) is 2.45. The van der Waals surface area contributed by atoms with Crippen molar-refractivity contribution in [2.75, 3.05) is 6.61 Å². The van der Waals surface area contributed by atoms with Crippen molar-refractivity contribution in [1.82, 2.24) is 4.98 Å². The number of hydrogen-bond donors (Lipinski definition) is 0. The van der Waals surface area contributed by atoms with Crippen LogP contribution < -0.4 is 0 Å². The maximum absolute atomic E-state index is 12.1. The molecule has 0 N–H and O–H groups in total. The molecule has 0 fully saturated rings. The van der Waals surface area contributed by atoms with Crippen LogP contribution in [0.15, 0.2) is 59.6 Å². The Kier molecular flexibility index (Phi) is 4.98. The van der Waals surface area contributed by atoms with Crippen molar-refractivity contribution in [2.24, 2.45) is 0 Å². The zero-order valence-electron chi connectivity index (χ0n) is 10.7. The van der Waals surface area contributed by atoms with Crippen molar-refractivity contribution < 1.29 is 9.53 Å². The minimum atomic E-state index is -0.427. The molecule has 1 heterocycles. The number of benzene rings is 1. The summed E-state index contributed by atoms with van der Waals surface area (Å²) in [6.45, 7) is 2.18. The van der Waals surface area contributed by atoms with Gasteiger partial charge >= 0.3 is 5.97 Å². The number of thioether (sulfide) groups is 1. The van der Waals surface area contributed by atoms with Crippen LogP contribution >= 0.6 is 11.8 Å². The number of pyridine rings is 1. The predicted molar refractivity (Wildman–Crippen MR) is 75.9 cm³/mol. The number of ether oxygens (including phenoxy) is 1. The molecule has 0 aliphatic rings. The summed E-state index contributed by atoms with van der Waals surface area (Å²) >= 11 is 1.45. The Labute approximate surface area is 117 Å². The second-order valence-electron chi connectivity index (χ2n) is 3.82. The van der Waals surface area contributed by atoms with Crippen molar-refractivity contribution >= 4 is 17.7 Å². The number of carbonyl (C=O) groups is 1. The first-order chi connectivity index (χ1) is 9.31. The summed E-state index contributed by atoms with van der Waals surface area (Å²) in [5.41, 5.74) is 0.717. The average Bonchev–Trinajstić information content (AvgIpc) is 2.47. The van der Waals surface area contributed by atoms with Crippen molar-refractivity contribution in [3.05, 3.63) is 60.4 Å². The Morgan fingerprint density at radius 1 is 1.21 bits per heavy atom. The first-order valence-corrected chi connectivity index (χ1v) is 6.98. The van der Waals surface area contributed by atoms with Gasteiger partial charge in [0, 0.05) is 11.1 Å². The van der Waals surface area contributed by atoms with E-state index in [0.29, 0.717) is 6.61 Å². The van der Waals surface area contributed by atoms with E-state index in [-0.39, 0.29) is 5.97 Å². The fourth-order valence-electron chi connectivity index (χ4n) is 1.61. The fraction of sp³-hybridized carbons (Fsp3) is 0.200. The summed E-state index contributed by atoms with van der Waals surface area (Å²) < 4.78 is 5.13. The maximum atomic E-state index is 12.1. The van der Waals surface area contributed by atoms with Gasteiger partial charge in [0.15, 0.2) is 0 Å². The van der Waals surface area contributed by atoms with Crippen molar-refractivity contribution in [2.45, 2.75) is 17.1 Å². The standard InChI is InChI=1S/C15H15NO2S/c1-2-18-15(17)14(13-10-6-7-11-16-13)19-12-8-4-3-5-9-12/h3-11,14H,2H2,1H3. The molecule has 3 nitrogen and oxygen atoms in total. The molecule has 0 amide bonds. The second-order valence-corrected chi connectivity index (χ2v) is 5.00.